The molecule has 0 unspecified atom stereocenters. The first-order valence-electron chi connectivity index (χ1n) is 10.5. The highest BCUT2D eigenvalue weighted by Gasteiger charge is 2.26. The maximum atomic E-state index is 13.7. The molecule has 2 aromatic carbocycles. The molecule has 2 heterocycles. The van der Waals surface area contributed by atoms with Gasteiger partial charge in [-0.3, -0.25) is 9.48 Å². The minimum absolute atomic E-state index is 0.183. The van der Waals surface area contributed by atoms with Crippen LogP contribution in [0.5, 0.6) is 0 Å². The Morgan fingerprint density at radius 3 is 2.03 bits per heavy atom. The van der Waals surface area contributed by atoms with E-state index < -0.39 is 0 Å². The van der Waals surface area contributed by atoms with E-state index in [4.69, 9.17) is 16.1 Å². The molecule has 0 N–H and O–H groups in total. The van der Waals surface area contributed by atoms with Crippen molar-refractivity contribution < 1.29 is 9.32 Å². The van der Waals surface area contributed by atoms with E-state index in [1.165, 1.54) is 0 Å². The fourth-order valence-corrected chi connectivity index (χ4v) is 3.82. The van der Waals surface area contributed by atoms with Crippen molar-refractivity contribution in [2.24, 2.45) is 0 Å². The molecule has 0 saturated carbocycles. The summed E-state index contributed by atoms with van der Waals surface area (Å²) in [5.41, 5.74) is 4.70. The highest BCUT2D eigenvalue weighted by atomic mass is 35.5. The third kappa shape index (κ3) is 4.60. The summed E-state index contributed by atoms with van der Waals surface area (Å²) < 4.78 is 7.23. The van der Waals surface area contributed by atoms with Crippen LogP contribution in [0.25, 0.3) is 0 Å². The Kier molecular flexibility index (Phi) is 6.42. The molecule has 0 aliphatic heterocycles. The van der Waals surface area contributed by atoms with Crippen molar-refractivity contribution in [1.29, 1.82) is 0 Å². The zero-order valence-electron chi connectivity index (χ0n) is 18.4. The highest BCUT2D eigenvalue weighted by molar-refractivity contribution is 6.31. The first-order valence-corrected chi connectivity index (χ1v) is 10.8. The molecule has 2 aromatic heterocycles. The molecule has 4 rings (SSSR count). The molecule has 7 heteroatoms. The predicted molar refractivity (Wildman–Crippen MR) is 124 cm³/mol. The van der Waals surface area contributed by atoms with Crippen molar-refractivity contribution in [2.75, 3.05) is 0 Å². The summed E-state index contributed by atoms with van der Waals surface area (Å²) >= 11 is 6.31. The molecular formula is C25H25ClN4O2. The van der Waals surface area contributed by atoms with Gasteiger partial charge in [-0.25, -0.2) is 0 Å². The van der Waals surface area contributed by atoms with Gasteiger partial charge in [0.05, 0.1) is 23.0 Å². The van der Waals surface area contributed by atoms with Gasteiger partial charge in [0.1, 0.15) is 5.76 Å². The van der Waals surface area contributed by atoms with E-state index in [9.17, 15) is 4.79 Å². The molecule has 0 fully saturated rings. The van der Waals surface area contributed by atoms with Crippen molar-refractivity contribution in [1.82, 2.24) is 19.8 Å². The number of hydrogen-bond donors (Lipinski definition) is 0. The van der Waals surface area contributed by atoms with Gasteiger partial charge in [0.15, 0.2) is 5.69 Å². The number of hydrogen-bond acceptors (Lipinski definition) is 4. The molecule has 164 valence electrons. The minimum atomic E-state index is -0.183. The molecule has 6 nitrogen and oxygen atoms in total. The maximum Gasteiger partial charge on any atom is 0.277 e. The standard InChI is InChI=1S/C25H25ClN4O2/c1-17-23(26)18(2)30(27-17)16-22-19(3)32-28-24(22)25(31)29(14-20-10-6-4-7-11-20)15-21-12-8-5-9-13-21/h4-13H,14-16H2,1-3H3. The van der Waals surface area contributed by atoms with Crippen LogP contribution in [0.2, 0.25) is 5.02 Å². The van der Waals surface area contributed by atoms with Gasteiger partial charge in [-0.1, -0.05) is 77.4 Å². The lowest BCUT2D eigenvalue weighted by atomic mass is 10.1. The Hall–Kier alpha value is -3.38. The number of aromatic nitrogens is 3. The second-order valence-corrected chi connectivity index (χ2v) is 8.22. The smallest absolute Gasteiger partial charge is 0.277 e. The number of carbonyl (C=O) groups is 1. The topological polar surface area (TPSA) is 64.2 Å². The highest BCUT2D eigenvalue weighted by Crippen LogP contribution is 2.24. The quantitative estimate of drug-likeness (QED) is 0.382. The van der Waals surface area contributed by atoms with Crippen molar-refractivity contribution >= 4 is 17.5 Å². The minimum Gasteiger partial charge on any atom is -0.361 e. The normalized spacial score (nSPS) is 11.0. The lowest BCUT2D eigenvalue weighted by molar-refractivity contribution is 0.0718. The van der Waals surface area contributed by atoms with Crippen LogP contribution in [0.1, 0.15) is 44.3 Å². The first-order chi connectivity index (χ1) is 15.4. The number of benzene rings is 2. The van der Waals surface area contributed by atoms with Crippen LogP contribution in [0, 0.1) is 20.8 Å². The summed E-state index contributed by atoms with van der Waals surface area (Å²) in [6.45, 7) is 6.87. The van der Waals surface area contributed by atoms with Gasteiger partial charge in [0.25, 0.3) is 5.91 Å². The van der Waals surface area contributed by atoms with Crippen LogP contribution in [-0.2, 0) is 19.6 Å². The average Bonchev–Trinajstić information content (AvgIpc) is 3.28. The fraction of sp³-hybridized carbons (Fsp3) is 0.240. The lowest BCUT2D eigenvalue weighted by Gasteiger charge is -2.22. The van der Waals surface area contributed by atoms with Crippen LogP contribution >= 0.6 is 11.6 Å². The van der Waals surface area contributed by atoms with E-state index >= 15 is 0 Å². The fourth-order valence-electron chi connectivity index (χ4n) is 3.68. The van der Waals surface area contributed by atoms with Crippen LogP contribution < -0.4 is 0 Å². The molecule has 0 spiro atoms. The summed E-state index contributed by atoms with van der Waals surface area (Å²) in [4.78, 5) is 15.5. The van der Waals surface area contributed by atoms with E-state index in [2.05, 4.69) is 10.3 Å². The Morgan fingerprint density at radius 2 is 1.53 bits per heavy atom. The molecule has 0 aliphatic carbocycles. The van der Waals surface area contributed by atoms with Gasteiger partial charge in [0.2, 0.25) is 0 Å². The van der Waals surface area contributed by atoms with E-state index in [-0.39, 0.29) is 5.91 Å². The van der Waals surface area contributed by atoms with Crippen molar-refractivity contribution in [3.63, 3.8) is 0 Å². The second kappa shape index (κ2) is 9.40. The van der Waals surface area contributed by atoms with Gasteiger partial charge in [-0.15, -0.1) is 0 Å². The number of nitrogens with zero attached hydrogens (tertiary/aromatic N) is 4. The molecule has 0 radical (unpaired) electrons. The van der Waals surface area contributed by atoms with E-state index in [0.717, 1.165) is 22.5 Å². The summed E-state index contributed by atoms with van der Waals surface area (Å²) in [5, 5.41) is 9.26. The second-order valence-electron chi connectivity index (χ2n) is 7.84. The summed E-state index contributed by atoms with van der Waals surface area (Å²) in [6, 6.07) is 19.9. The van der Waals surface area contributed by atoms with E-state index in [0.29, 0.717) is 41.7 Å². The van der Waals surface area contributed by atoms with Crippen molar-refractivity contribution in [3.05, 3.63) is 105 Å². The van der Waals surface area contributed by atoms with Crippen LogP contribution in [-0.4, -0.2) is 25.7 Å². The van der Waals surface area contributed by atoms with E-state index in [1.54, 1.807) is 9.58 Å². The number of rotatable bonds is 7. The zero-order chi connectivity index (χ0) is 22.7. The Labute approximate surface area is 192 Å². The van der Waals surface area contributed by atoms with Gasteiger partial charge < -0.3 is 9.42 Å². The molecule has 32 heavy (non-hydrogen) atoms. The molecule has 0 bridgehead atoms. The Morgan fingerprint density at radius 1 is 0.969 bits per heavy atom. The third-order valence-electron chi connectivity index (χ3n) is 5.51. The maximum absolute atomic E-state index is 13.7. The Bertz CT molecular complexity index is 1170. The van der Waals surface area contributed by atoms with Crippen LogP contribution in [0.3, 0.4) is 0 Å². The Balaban J connectivity index is 1.66. The van der Waals surface area contributed by atoms with Gasteiger partial charge >= 0.3 is 0 Å². The summed E-state index contributed by atoms with van der Waals surface area (Å²) in [7, 11) is 0. The SMILES string of the molecule is Cc1nn(Cc2c(C(=O)N(Cc3ccccc3)Cc3ccccc3)noc2C)c(C)c1Cl. The molecule has 0 saturated heterocycles. The lowest BCUT2D eigenvalue weighted by Crippen LogP contribution is -2.31. The van der Waals surface area contributed by atoms with Gasteiger partial charge in [0, 0.05) is 18.7 Å². The summed E-state index contributed by atoms with van der Waals surface area (Å²) in [5.74, 6) is 0.411. The summed E-state index contributed by atoms with van der Waals surface area (Å²) in [6.07, 6.45) is 0. The van der Waals surface area contributed by atoms with Crippen molar-refractivity contribution in [3.8, 4) is 0 Å². The number of halogens is 1. The third-order valence-corrected chi connectivity index (χ3v) is 6.06. The molecular weight excluding hydrogens is 424 g/mol. The zero-order valence-corrected chi connectivity index (χ0v) is 19.1. The first kappa shape index (κ1) is 21.8. The van der Waals surface area contributed by atoms with Crippen molar-refractivity contribution in [2.45, 2.75) is 40.4 Å². The average molecular weight is 449 g/mol. The molecule has 0 aliphatic rings. The molecule has 4 aromatic rings. The predicted octanol–water partition coefficient (Wildman–Crippen LogP) is 5.34. The molecule has 0 atom stereocenters. The number of carbonyl (C=O) groups excluding carboxylic acids is 1. The van der Waals surface area contributed by atoms with Crippen LogP contribution in [0.4, 0.5) is 0 Å². The molecule has 1 amide bonds. The largest absolute Gasteiger partial charge is 0.361 e. The number of aryl methyl sites for hydroxylation is 2. The van der Waals surface area contributed by atoms with Gasteiger partial charge in [-0.2, -0.15) is 5.10 Å². The van der Waals surface area contributed by atoms with Gasteiger partial charge in [-0.05, 0) is 31.9 Å². The van der Waals surface area contributed by atoms with Crippen LogP contribution in [0.15, 0.2) is 65.2 Å². The van der Waals surface area contributed by atoms with E-state index in [1.807, 2.05) is 81.4 Å². The monoisotopic (exact) mass is 448 g/mol. The number of amides is 1.